The molecule has 1 heterocycles. The van der Waals surface area contributed by atoms with Gasteiger partial charge in [-0.3, -0.25) is 9.48 Å². The fraction of sp³-hybridized carbons (Fsp3) is 0.412. The first-order valence-electron chi connectivity index (χ1n) is 7.64. The van der Waals surface area contributed by atoms with Crippen LogP contribution in [0.3, 0.4) is 0 Å². The molecule has 116 valence electrons. The fourth-order valence-corrected chi connectivity index (χ4v) is 2.91. The van der Waals surface area contributed by atoms with Gasteiger partial charge in [0.25, 0.3) is 0 Å². The highest BCUT2D eigenvalue weighted by molar-refractivity contribution is 6.30. The zero-order valence-corrected chi connectivity index (χ0v) is 13.6. The first-order valence-corrected chi connectivity index (χ1v) is 8.02. The van der Waals surface area contributed by atoms with Crippen molar-refractivity contribution in [2.75, 3.05) is 0 Å². The Labute approximate surface area is 135 Å². The second-order valence-electron chi connectivity index (χ2n) is 5.87. The third kappa shape index (κ3) is 3.02. The van der Waals surface area contributed by atoms with Crippen LogP contribution in [0.4, 0.5) is 0 Å². The minimum absolute atomic E-state index is 0.0373. The van der Waals surface area contributed by atoms with Gasteiger partial charge < -0.3 is 4.90 Å². The van der Waals surface area contributed by atoms with E-state index in [0.717, 1.165) is 18.4 Å². The molecule has 1 aliphatic rings. The largest absolute Gasteiger partial charge is 0.331 e. The quantitative estimate of drug-likeness (QED) is 0.840. The molecular formula is C17H20ClN3O. The zero-order valence-electron chi connectivity index (χ0n) is 12.8. The molecule has 0 radical (unpaired) electrons. The third-order valence-corrected chi connectivity index (χ3v) is 4.50. The summed E-state index contributed by atoms with van der Waals surface area (Å²) in [5.41, 5.74) is 1.11. The van der Waals surface area contributed by atoms with E-state index >= 15 is 0 Å². The maximum absolute atomic E-state index is 12.9. The molecule has 0 aliphatic heterocycles. The van der Waals surface area contributed by atoms with Crippen LogP contribution in [-0.2, 0) is 4.79 Å². The lowest BCUT2D eigenvalue weighted by atomic mass is 10.1. The molecule has 0 saturated heterocycles. The number of benzene rings is 1. The topological polar surface area (TPSA) is 38.1 Å². The summed E-state index contributed by atoms with van der Waals surface area (Å²) < 4.78 is 1.71. The standard InChI is InChI=1S/C17H20ClN3O/c1-12(14-4-6-15(18)7-5-14)21(16-8-9-16)17(22)13(2)20-11-3-10-19-20/h3-7,10-13,16H,8-9H2,1-2H3. The molecule has 5 heteroatoms. The predicted molar refractivity (Wildman–Crippen MR) is 86.7 cm³/mol. The van der Waals surface area contributed by atoms with Crippen LogP contribution >= 0.6 is 11.6 Å². The Morgan fingerprint density at radius 3 is 2.55 bits per heavy atom. The smallest absolute Gasteiger partial charge is 0.247 e. The van der Waals surface area contributed by atoms with Crippen molar-refractivity contribution < 1.29 is 4.79 Å². The zero-order chi connectivity index (χ0) is 15.7. The highest BCUT2D eigenvalue weighted by Gasteiger charge is 2.38. The van der Waals surface area contributed by atoms with E-state index in [9.17, 15) is 4.79 Å². The van der Waals surface area contributed by atoms with E-state index in [4.69, 9.17) is 11.6 Å². The van der Waals surface area contributed by atoms with Gasteiger partial charge >= 0.3 is 0 Å². The second-order valence-corrected chi connectivity index (χ2v) is 6.30. The maximum atomic E-state index is 12.9. The number of carbonyl (C=O) groups is 1. The number of hydrogen-bond donors (Lipinski definition) is 0. The molecule has 2 aromatic rings. The van der Waals surface area contributed by atoms with E-state index in [1.165, 1.54) is 0 Å². The van der Waals surface area contributed by atoms with Crippen LogP contribution in [0.2, 0.25) is 5.02 Å². The average Bonchev–Trinajstić information content (AvgIpc) is 3.19. The minimum atomic E-state index is -0.287. The Bertz CT molecular complexity index is 634. The van der Waals surface area contributed by atoms with Crippen LogP contribution in [0.1, 0.15) is 44.3 Å². The number of rotatable bonds is 5. The molecule has 0 N–H and O–H groups in total. The van der Waals surface area contributed by atoms with Crippen molar-refractivity contribution in [3.8, 4) is 0 Å². The lowest BCUT2D eigenvalue weighted by Crippen LogP contribution is -2.39. The number of amides is 1. The second kappa shape index (κ2) is 6.13. The van der Waals surface area contributed by atoms with Crippen molar-refractivity contribution in [3.05, 3.63) is 53.3 Å². The van der Waals surface area contributed by atoms with E-state index in [0.29, 0.717) is 11.1 Å². The van der Waals surface area contributed by atoms with Crippen LogP contribution < -0.4 is 0 Å². The lowest BCUT2D eigenvalue weighted by Gasteiger charge is -2.32. The molecule has 22 heavy (non-hydrogen) atoms. The summed E-state index contributed by atoms with van der Waals surface area (Å²) in [6.07, 6.45) is 5.69. The van der Waals surface area contributed by atoms with Crippen LogP contribution in [0.15, 0.2) is 42.7 Å². The number of nitrogens with zero attached hydrogens (tertiary/aromatic N) is 3. The molecular weight excluding hydrogens is 298 g/mol. The van der Waals surface area contributed by atoms with E-state index in [2.05, 4.69) is 12.0 Å². The van der Waals surface area contributed by atoms with Gasteiger partial charge in [-0.05, 0) is 50.5 Å². The Kier molecular flexibility index (Phi) is 4.21. The predicted octanol–water partition coefficient (Wildman–Crippen LogP) is 3.85. The Balaban J connectivity index is 1.83. The number of hydrogen-bond acceptors (Lipinski definition) is 2. The Hall–Kier alpha value is -1.81. The molecule has 1 aromatic carbocycles. The highest BCUT2D eigenvalue weighted by Crippen LogP contribution is 2.36. The minimum Gasteiger partial charge on any atom is -0.331 e. The molecule has 1 aliphatic carbocycles. The molecule has 0 spiro atoms. The summed E-state index contributed by atoms with van der Waals surface area (Å²) in [6.45, 7) is 3.98. The summed E-state index contributed by atoms with van der Waals surface area (Å²) in [7, 11) is 0. The van der Waals surface area contributed by atoms with Crippen molar-refractivity contribution in [1.29, 1.82) is 0 Å². The van der Waals surface area contributed by atoms with Crippen molar-refractivity contribution in [3.63, 3.8) is 0 Å². The van der Waals surface area contributed by atoms with Gasteiger partial charge in [0.2, 0.25) is 5.91 Å². The van der Waals surface area contributed by atoms with Crippen molar-refractivity contribution in [2.45, 2.75) is 44.8 Å². The average molecular weight is 318 g/mol. The Morgan fingerprint density at radius 2 is 2.00 bits per heavy atom. The van der Waals surface area contributed by atoms with Crippen LogP contribution in [0.25, 0.3) is 0 Å². The summed E-state index contributed by atoms with van der Waals surface area (Å²) in [5.74, 6) is 0.119. The van der Waals surface area contributed by atoms with Gasteiger partial charge in [-0.15, -0.1) is 0 Å². The van der Waals surface area contributed by atoms with Crippen molar-refractivity contribution >= 4 is 17.5 Å². The SMILES string of the molecule is CC(c1ccc(Cl)cc1)N(C(=O)C(C)n1cccn1)C1CC1. The van der Waals surface area contributed by atoms with Gasteiger partial charge in [-0.25, -0.2) is 0 Å². The lowest BCUT2D eigenvalue weighted by molar-refractivity contribution is -0.137. The Morgan fingerprint density at radius 1 is 1.32 bits per heavy atom. The van der Waals surface area contributed by atoms with Gasteiger partial charge in [0.1, 0.15) is 6.04 Å². The number of carbonyl (C=O) groups excluding carboxylic acids is 1. The highest BCUT2D eigenvalue weighted by atomic mass is 35.5. The first kappa shape index (κ1) is 15.1. The van der Waals surface area contributed by atoms with Crippen LogP contribution in [0, 0.1) is 0 Å². The molecule has 1 saturated carbocycles. The maximum Gasteiger partial charge on any atom is 0.247 e. The molecule has 0 bridgehead atoms. The van der Waals surface area contributed by atoms with Crippen molar-refractivity contribution in [1.82, 2.24) is 14.7 Å². The number of aromatic nitrogens is 2. The summed E-state index contributed by atoms with van der Waals surface area (Å²) >= 11 is 5.96. The van der Waals surface area contributed by atoms with E-state index < -0.39 is 0 Å². The van der Waals surface area contributed by atoms with Crippen molar-refractivity contribution in [2.24, 2.45) is 0 Å². The van der Waals surface area contributed by atoms with E-state index in [-0.39, 0.29) is 18.0 Å². The third-order valence-electron chi connectivity index (χ3n) is 4.24. The van der Waals surface area contributed by atoms with Crippen LogP contribution in [-0.4, -0.2) is 26.6 Å². The van der Waals surface area contributed by atoms with Gasteiger partial charge in [-0.2, -0.15) is 5.10 Å². The van der Waals surface area contributed by atoms with Crippen LogP contribution in [0.5, 0.6) is 0 Å². The molecule has 3 rings (SSSR count). The summed E-state index contributed by atoms with van der Waals surface area (Å²) in [5, 5.41) is 4.91. The van der Waals surface area contributed by atoms with Gasteiger partial charge in [0.05, 0.1) is 6.04 Å². The molecule has 2 atom stereocenters. The summed E-state index contributed by atoms with van der Waals surface area (Å²) in [6, 6.07) is 9.67. The molecule has 4 nitrogen and oxygen atoms in total. The summed E-state index contributed by atoms with van der Waals surface area (Å²) in [4.78, 5) is 15.0. The molecule has 1 amide bonds. The number of halogens is 1. The van der Waals surface area contributed by atoms with Gasteiger partial charge in [-0.1, -0.05) is 23.7 Å². The van der Waals surface area contributed by atoms with Gasteiger partial charge in [0, 0.05) is 23.5 Å². The molecule has 1 fully saturated rings. The van der Waals surface area contributed by atoms with E-state index in [1.54, 1.807) is 10.9 Å². The monoisotopic (exact) mass is 317 g/mol. The van der Waals surface area contributed by atoms with E-state index in [1.807, 2.05) is 48.4 Å². The normalized spacial score (nSPS) is 17.0. The molecule has 1 aromatic heterocycles. The fourth-order valence-electron chi connectivity index (χ4n) is 2.78. The first-order chi connectivity index (χ1) is 10.6. The molecule has 2 unspecified atom stereocenters. The van der Waals surface area contributed by atoms with Gasteiger partial charge in [0.15, 0.2) is 0 Å².